The van der Waals surface area contributed by atoms with Crippen LogP contribution in [-0.2, 0) is 14.3 Å². The minimum Gasteiger partial charge on any atom is -0.469 e. The molecule has 0 aliphatic carbocycles. The molecule has 0 spiro atoms. The first-order chi connectivity index (χ1) is 9.06. The molecule has 6 heteroatoms. The van der Waals surface area contributed by atoms with Gasteiger partial charge in [0.2, 0.25) is 5.91 Å². The number of rotatable bonds is 5. The number of halogens is 1. The summed E-state index contributed by atoms with van der Waals surface area (Å²) in [7, 11) is 1.29. The van der Waals surface area contributed by atoms with Crippen molar-refractivity contribution in [1.29, 1.82) is 5.26 Å². The molecule has 1 aromatic carbocycles. The summed E-state index contributed by atoms with van der Waals surface area (Å²) in [5, 5.41) is 11.1. The van der Waals surface area contributed by atoms with E-state index >= 15 is 0 Å². The summed E-state index contributed by atoms with van der Waals surface area (Å²) in [4.78, 5) is 22.8. The number of carbonyl (C=O) groups is 2. The zero-order valence-electron chi connectivity index (χ0n) is 10.4. The van der Waals surface area contributed by atoms with Gasteiger partial charge >= 0.3 is 5.97 Å². The smallest absolute Gasteiger partial charge is 0.307 e. The number of benzene rings is 1. The Labute approximate surface area is 119 Å². The van der Waals surface area contributed by atoms with Crippen LogP contribution in [0.15, 0.2) is 28.7 Å². The molecule has 0 aliphatic heterocycles. The van der Waals surface area contributed by atoms with Gasteiger partial charge in [0.1, 0.15) is 6.42 Å². The third-order valence-electron chi connectivity index (χ3n) is 2.45. The lowest BCUT2D eigenvalue weighted by molar-refractivity contribution is -0.141. The van der Waals surface area contributed by atoms with Gasteiger partial charge in [0.15, 0.2) is 0 Å². The van der Waals surface area contributed by atoms with E-state index in [0.717, 1.165) is 10.0 Å². The maximum absolute atomic E-state index is 11.5. The number of hydrogen-bond acceptors (Lipinski definition) is 4. The number of nitriles is 1. The van der Waals surface area contributed by atoms with Crippen LogP contribution in [0.5, 0.6) is 0 Å². The van der Waals surface area contributed by atoms with Gasteiger partial charge < -0.3 is 10.1 Å². The number of esters is 1. The van der Waals surface area contributed by atoms with Gasteiger partial charge in [-0.05, 0) is 17.7 Å². The van der Waals surface area contributed by atoms with Crippen LogP contribution in [0.1, 0.15) is 24.4 Å². The van der Waals surface area contributed by atoms with Crippen molar-refractivity contribution < 1.29 is 14.3 Å². The highest BCUT2D eigenvalue weighted by atomic mass is 79.9. The van der Waals surface area contributed by atoms with Crippen LogP contribution in [0, 0.1) is 11.3 Å². The van der Waals surface area contributed by atoms with Crippen LogP contribution in [-0.4, -0.2) is 19.0 Å². The fourth-order valence-electron chi connectivity index (χ4n) is 1.51. The molecule has 0 radical (unpaired) electrons. The van der Waals surface area contributed by atoms with E-state index in [2.05, 4.69) is 26.0 Å². The number of nitrogens with zero attached hydrogens (tertiary/aromatic N) is 1. The molecule has 0 saturated heterocycles. The Kier molecular flexibility index (Phi) is 6.03. The monoisotopic (exact) mass is 324 g/mol. The Hall–Kier alpha value is -1.87. The largest absolute Gasteiger partial charge is 0.469 e. The molecule has 0 aliphatic rings. The van der Waals surface area contributed by atoms with Crippen LogP contribution >= 0.6 is 15.9 Å². The van der Waals surface area contributed by atoms with E-state index in [1.165, 1.54) is 7.11 Å². The highest BCUT2D eigenvalue weighted by molar-refractivity contribution is 9.10. The minimum absolute atomic E-state index is 0.0231. The van der Waals surface area contributed by atoms with Crippen LogP contribution < -0.4 is 5.32 Å². The first-order valence-corrected chi connectivity index (χ1v) is 6.34. The van der Waals surface area contributed by atoms with Crippen molar-refractivity contribution in [2.45, 2.75) is 18.9 Å². The number of hydrogen-bond donors (Lipinski definition) is 1. The first-order valence-electron chi connectivity index (χ1n) is 5.55. The van der Waals surface area contributed by atoms with Gasteiger partial charge in [0.05, 0.1) is 25.6 Å². The van der Waals surface area contributed by atoms with Gasteiger partial charge in [-0.2, -0.15) is 5.26 Å². The second-order valence-electron chi connectivity index (χ2n) is 3.79. The maximum Gasteiger partial charge on any atom is 0.307 e. The highest BCUT2D eigenvalue weighted by Gasteiger charge is 2.18. The zero-order valence-corrected chi connectivity index (χ0v) is 11.9. The lowest BCUT2D eigenvalue weighted by Gasteiger charge is -2.17. The molecule has 1 amide bonds. The van der Waals surface area contributed by atoms with Crippen molar-refractivity contribution in [2.24, 2.45) is 0 Å². The van der Waals surface area contributed by atoms with E-state index in [-0.39, 0.29) is 12.8 Å². The average Bonchev–Trinajstić information content (AvgIpc) is 2.39. The Balaban J connectivity index is 2.85. The molecule has 1 rings (SSSR count). The van der Waals surface area contributed by atoms with E-state index in [1.54, 1.807) is 18.2 Å². The van der Waals surface area contributed by atoms with Gasteiger partial charge in [0, 0.05) is 4.47 Å². The lowest BCUT2D eigenvalue weighted by Crippen LogP contribution is -2.30. The first kappa shape index (κ1) is 15.2. The van der Waals surface area contributed by atoms with Crippen LogP contribution in [0.25, 0.3) is 0 Å². The van der Waals surface area contributed by atoms with Crippen molar-refractivity contribution in [3.05, 3.63) is 34.3 Å². The van der Waals surface area contributed by atoms with E-state index in [4.69, 9.17) is 5.26 Å². The minimum atomic E-state index is -0.499. The summed E-state index contributed by atoms with van der Waals surface area (Å²) >= 11 is 3.31. The fourth-order valence-corrected chi connectivity index (χ4v) is 1.78. The van der Waals surface area contributed by atoms with E-state index in [1.807, 2.05) is 12.1 Å². The number of methoxy groups -OCH3 is 1. The normalized spacial score (nSPS) is 11.2. The number of amides is 1. The summed E-state index contributed by atoms with van der Waals surface area (Å²) in [5.41, 5.74) is 0.778. The number of carbonyl (C=O) groups excluding carboxylic acids is 2. The van der Waals surface area contributed by atoms with Gasteiger partial charge in [-0.25, -0.2) is 0 Å². The maximum atomic E-state index is 11.5. The summed E-state index contributed by atoms with van der Waals surface area (Å²) in [6.07, 6.45) is -0.219. The number of ether oxygens (including phenoxy) is 1. The molecule has 0 saturated carbocycles. The topological polar surface area (TPSA) is 79.2 Å². The van der Waals surface area contributed by atoms with Crippen LogP contribution in [0.3, 0.4) is 0 Å². The van der Waals surface area contributed by atoms with Gasteiger partial charge in [0.25, 0.3) is 0 Å². The Morgan fingerprint density at radius 2 is 2.05 bits per heavy atom. The summed E-state index contributed by atoms with van der Waals surface area (Å²) in [5.74, 6) is -0.843. The molecule has 100 valence electrons. The van der Waals surface area contributed by atoms with Crippen LogP contribution in [0.4, 0.5) is 0 Å². The average molecular weight is 325 g/mol. The molecule has 1 aromatic rings. The van der Waals surface area contributed by atoms with Crippen molar-refractivity contribution in [3.8, 4) is 6.07 Å². The van der Waals surface area contributed by atoms with Crippen LogP contribution in [0.2, 0.25) is 0 Å². The van der Waals surface area contributed by atoms with Crippen molar-refractivity contribution in [1.82, 2.24) is 5.32 Å². The molecular formula is C13H13BrN2O3. The molecule has 1 atom stereocenters. The zero-order chi connectivity index (χ0) is 14.3. The van der Waals surface area contributed by atoms with Gasteiger partial charge in [-0.15, -0.1) is 0 Å². The fraction of sp³-hybridized carbons (Fsp3) is 0.308. The predicted molar refractivity (Wildman–Crippen MR) is 71.9 cm³/mol. The quantitative estimate of drug-likeness (QED) is 0.841. The molecule has 0 aromatic heterocycles. The molecule has 1 N–H and O–H groups in total. The summed E-state index contributed by atoms with van der Waals surface area (Å²) in [6, 6.07) is 8.49. The third-order valence-corrected chi connectivity index (χ3v) is 2.97. The summed E-state index contributed by atoms with van der Waals surface area (Å²) < 4.78 is 5.50. The molecule has 0 fully saturated rings. The molecule has 5 nitrogen and oxygen atoms in total. The van der Waals surface area contributed by atoms with Gasteiger partial charge in [-0.3, -0.25) is 9.59 Å². The molecule has 0 unspecified atom stereocenters. The predicted octanol–water partition coefficient (Wildman–Crippen LogP) is 2.08. The van der Waals surface area contributed by atoms with E-state index < -0.39 is 17.9 Å². The van der Waals surface area contributed by atoms with E-state index in [0.29, 0.717) is 0 Å². The van der Waals surface area contributed by atoms with Crippen molar-refractivity contribution in [2.75, 3.05) is 7.11 Å². The Morgan fingerprint density at radius 3 is 2.58 bits per heavy atom. The lowest BCUT2D eigenvalue weighted by atomic mass is 10.0. The summed E-state index contributed by atoms with van der Waals surface area (Å²) in [6.45, 7) is 0. The van der Waals surface area contributed by atoms with E-state index in [9.17, 15) is 9.59 Å². The second-order valence-corrected chi connectivity index (χ2v) is 4.70. The molecule has 0 bridgehead atoms. The molecule has 0 heterocycles. The Bertz CT molecular complexity index is 494. The third kappa shape index (κ3) is 5.10. The van der Waals surface area contributed by atoms with Crippen molar-refractivity contribution in [3.63, 3.8) is 0 Å². The molecular weight excluding hydrogens is 312 g/mol. The highest BCUT2D eigenvalue weighted by Crippen LogP contribution is 2.20. The van der Waals surface area contributed by atoms with Crippen molar-refractivity contribution >= 4 is 27.8 Å². The van der Waals surface area contributed by atoms with Gasteiger partial charge in [-0.1, -0.05) is 28.1 Å². The SMILES string of the molecule is COC(=O)C[C@H](NC(=O)CC#N)c1ccc(Br)cc1. The second kappa shape index (κ2) is 7.54. The Morgan fingerprint density at radius 1 is 1.42 bits per heavy atom. The number of nitrogens with one attached hydrogen (secondary N) is 1. The standard InChI is InChI=1S/C13H13BrN2O3/c1-19-13(18)8-11(16-12(17)6-7-15)9-2-4-10(14)5-3-9/h2-5,11H,6,8H2,1H3,(H,16,17)/t11-/m0/s1. The molecule has 19 heavy (non-hydrogen) atoms.